The normalized spacial score (nSPS) is 28.9. The van der Waals surface area contributed by atoms with Crippen LogP contribution in [0.1, 0.15) is 23.8 Å². The molecular formula is C17H19F2N3O4. The Morgan fingerprint density at radius 2 is 1.85 bits per heavy atom. The van der Waals surface area contributed by atoms with Crippen molar-refractivity contribution in [2.24, 2.45) is 0 Å². The average Bonchev–Trinajstić information content (AvgIpc) is 2.66. The zero-order chi connectivity index (χ0) is 18.7. The molecular weight excluding hydrogens is 348 g/mol. The average molecular weight is 367 g/mol. The summed E-state index contributed by atoms with van der Waals surface area (Å²) in [6.07, 6.45) is -5.01. The van der Waals surface area contributed by atoms with E-state index in [2.05, 4.69) is 15.3 Å². The Balaban J connectivity index is 1.91. The van der Waals surface area contributed by atoms with Crippen LogP contribution in [0.2, 0.25) is 0 Å². The molecule has 1 fully saturated rings. The van der Waals surface area contributed by atoms with Gasteiger partial charge in [-0.15, -0.1) is 0 Å². The highest BCUT2D eigenvalue weighted by Crippen LogP contribution is 2.34. The lowest BCUT2D eigenvalue weighted by molar-refractivity contribution is -0.187. The van der Waals surface area contributed by atoms with Gasteiger partial charge in [-0.05, 0) is 5.56 Å². The standard InChI is InChI=1S/C17H19F2N3O4/c18-17(19)10-6-20-7-12(21-10)22-13-15(25)14(24)11(8-23)26-16(13)9-4-2-1-3-5-9/h1-7,11,13-17,23-25H,8H2,(H,21,22)/t11-,13-,14+,15-,16+/m1/s1. The fourth-order valence-electron chi connectivity index (χ4n) is 2.93. The lowest BCUT2D eigenvalue weighted by Crippen LogP contribution is -2.57. The molecule has 26 heavy (non-hydrogen) atoms. The number of halogens is 2. The van der Waals surface area contributed by atoms with Gasteiger partial charge in [-0.1, -0.05) is 30.3 Å². The Labute approximate surface area is 148 Å². The SMILES string of the molecule is OC[C@H]1O[C@@H](c2ccccc2)[C@H](Nc2cncc(C(F)F)n2)[C@@H](O)[C@H]1O. The van der Waals surface area contributed by atoms with Crippen LogP contribution >= 0.6 is 0 Å². The van der Waals surface area contributed by atoms with Gasteiger partial charge in [0.05, 0.1) is 25.0 Å². The lowest BCUT2D eigenvalue weighted by Gasteiger charge is -2.43. The molecule has 0 aliphatic carbocycles. The van der Waals surface area contributed by atoms with Crippen molar-refractivity contribution < 1.29 is 28.8 Å². The van der Waals surface area contributed by atoms with E-state index in [0.29, 0.717) is 5.56 Å². The van der Waals surface area contributed by atoms with E-state index >= 15 is 0 Å². The number of aliphatic hydroxyl groups is 3. The molecule has 5 atom stereocenters. The molecule has 3 rings (SSSR count). The summed E-state index contributed by atoms with van der Waals surface area (Å²) in [6, 6.07) is 7.99. The number of rotatable bonds is 5. The molecule has 0 bridgehead atoms. The minimum Gasteiger partial charge on any atom is -0.394 e. The minimum absolute atomic E-state index is 0.0195. The molecule has 0 unspecified atom stereocenters. The predicted molar refractivity (Wildman–Crippen MR) is 87.6 cm³/mol. The van der Waals surface area contributed by atoms with E-state index in [0.717, 1.165) is 6.20 Å². The molecule has 1 aromatic heterocycles. The van der Waals surface area contributed by atoms with Gasteiger partial charge in [-0.2, -0.15) is 0 Å². The van der Waals surface area contributed by atoms with Crippen LogP contribution in [0.4, 0.5) is 14.6 Å². The van der Waals surface area contributed by atoms with E-state index in [1.165, 1.54) is 6.20 Å². The lowest BCUT2D eigenvalue weighted by atomic mass is 9.89. The molecule has 140 valence electrons. The highest BCUT2D eigenvalue weighted by Gasteiger charge is 2.45. The summed E-state index contributed by atoms with van der Waals surface area (Å²) in [5, 5.41) is 32.9. The van der Waals surface area contributed by atoms with Crippen molar-refractivity contribution >= 4 is 5.82 Å². The van der Waals surface area contributed by atoms with Crippen LogP contribution in [0.15, 0.2) is 42.7 Å². The first-order chi connectivity index (χ1) is 12.5. The van der Waals surface area contributed by atoms with Crippen molar-refractivity contribution in [2.75, 3.05) is 11.9 Å². The van der Waals surface area contributed by atoms with Crippen LogP contribution in [-0.4, -0.2) is 56.2 Å². The molecule has 1 saturated heterocycles. The van der Waals surface area contributed by atoms with Gasteiger partial charge in [0, 0.05) is 0 Å². The summed E-state index contributed by atoms with van der Waals surface area (Å²) >= 11 is 0. The molecule has 0 radical (unpaired) electrons. The second-order valence-electron chi connectivity index (χ2n) is 5.97. The molecule has 0 amide bonds. The minimum atomic E-state index is -2.79. The third-order valence-electron chi connectivity index (χ3n) is 4.25. The number of benzene rings is 1. The smallest absolute Gasteiger partial charge is 0.281 e. The van der Waals surface area contributed by atoms with E-state index in [1.54, 1.807) is 30.3 Å². The van der Waals surface area contributed by atoms with E-state index in [-0.39, 0.29) is 5.82 Å². The van der Waals surface area contributed by atoms with Gasteiger partial charge in [-0.3, -0.25) is 4.98 Å². The van der Waals surface area contributed by atoms with Crippen LogP contribution < -0.4 is 5.32 Å². The molecule has 0 spiro atoms. The van der Waals surface area contributed by atoms with Gasteiger partial charge in [0.25, 0.3) is 6.43 Å². The van der Waals surface area contributed by atoms with E-state index in [9.17, 15) is 24.1 Å². The Morgan fingerprint density at radius 1 is 1.12 bits per heavy atom. The van der Waals surface area contributed by atoms with Crippen LogP contribution in [0.3, 0.4) is 0 Å². The van der Waals surface area contributed by atoms with Crippen molar-refractivity contribution in [1.29, 1.82) is 0 Å². The molecule has 0 saturated carbocycles. The molecule has 2 aromatic rings. The maximum Gasteiger partial charge on any atom is 0.281 e. The van der Waals surface area contributed by atoms with Crippen LogP contribution in [-0.2, 0) is 4.74 Å². The first-order valence-electron chi connectivity index (χ1n) is 8.05. The highest BCUT2D eigenvalue weighted by molar-refractivity contribution is 5.36. The quantitative estimate of drug-likeness (QED) is 0.626. The van der Waals surface area contributed by atoms with Gasteiger partial charge in [0.15, 0.2) is 0 Å². The predicted octanol–water partition coefficient (Wildman–Crippen LogP) is 1.05. The maximum atomic E-state index is 12.8. The first-order valence-corrected chi connectivity index (χ1v) is 8.05. The number of hydrogen-bond acceptors (Lipinski definition) is 7. The summed E-state index contributed by atoms with van der Waals surface area (Å²) in [5.41, 5.74) is 0.179. The number of hydrogen-bond donors (Lipinski definition) is 4. The van der Waals surface area contributed by atoms with E-state index < -0.39 is 49.2 Å². The molecule has 1 aliphatic heterocycles. The van der Waals surface area contributed by atoms with Gasteiger partial charge in [0.1, 0.15) is 35.9 Å². The number of alkyl halides is 2. The number of nitrogens with one attached hydrogen (secondary N) is 1. The fourth-order valence-corrected chi connectivity index (χ4v) is 2.93. The third-order valence-corrected chi connectivity index (χ3v) is 4.25. The second-order valence-corrected chi connectivity index (χ2v) is 5.97. The van der Waals surface area contributed by atoms with Crippen molar-refractivity contribution in [3.05, 3.63) is 54.0 Å². The molecule has 4 N–H and O–H groups in total. The zero-order valence-electron chi connectivity index (χ0n) is 13.6. The van der Waals surface area contributed by atoms with Gasteiger partial charge < -0.3 is 25.4 Å². The number of nitrogens with zero attached hydrogens (tertiary/aromatic N) is 2. The topological polar surface area (TPSA) is 108 Å². The highest BCUT2D eigenvalue weighted by atomic mass is 19.3. The Kier molecular flexibility index (Phi) is 5.72. The number of aromatic nitrogens is 2. The molecule has 7 nitrogen and oxygen atoms in total. The van der Waals surface area contributed by atoms with Crippen molar-refractivity contribution in [3.63, 3.8) is 0 Å². The van der Waals surface area contributed by atoms with Crippen LogP contribution in [0, 0.1) is 0 Å². The summed E-state index contributed by atoms with van der Waals surface area (Å²) in [7, 11) is 0. The summed E-state index contributed by atoms with van der Waals surface area (Å²) in [4.78, 5) is 7.49. The van der Waals surface area contributed by atoms with E-state index in [1.807, 2.05) is 0 Å². The monoisotopic (exact) mass is 367 g/mol. The van der Waals surface area contributed by atoms with E-state index in [4.69, 9.17) is 4.74 Å². The van der Waals surface area contributed by atoms with Crippen LogP contribution in [0.25, 0.3) is 0 Å². The van der Waals surface area contributed by atoms with Gasteiger partial charge >= 0.3 is 0 Å². The summed E-state index contributed by atoms with van der Waals surface area (Å²) in [5.74, 6) is 0.0195. The second kappa shape index (κ2) is 8.00. The van der Waals surface area contributed by atoms with Crippen molar-refractivity contribution in [2.45, 2.75) is 36.9 Å². The first kappa shape index (κ1) is 18.6. The number of anilines is 1. The van der Waals surface area contributed by atoms with Crippen LogP contribution in [0.5, 0.6) is 0 Å². The van der Waals surface area contributed by atoms with Crippen molar-refractivity contribution in [1.82, 2.24) is 9.97 Å². The molecule has 9 heteroatoms. The Morgan fingerprint density at radius 3 is 2.50 bits per heavy atom. The Hall–Kier alpha value is -2.20. The molecule has 1 aromatic carbocycles. The Bertz CT molecular complexity index is 722. The fraction of sp³-hybridized carbons (Fsp3) is 0.412. The zero-order valence-corrected chi connectivity index (χ0v) is 13.6. The largest absolute Gasteiger partial charge is 0.394 e. The van der Waals surface area contributed by atoms with Gasteiger partial charge in [-0.25, -0.2) is 13.8 Å². The number of aliphatic hydroxyl groups excluding tert-OH is 3. The van der Waals surface area contributed by atoms with Gasteiger partial charge in [0.2, 0.25) is 0 Å². The summed E-state index contributed by atoms with van der Waals surface area (Å²) in [6.45, 7) is -0.477. The number of ether oxygens (including phenoxy) is 1. The van der Waals surface area contributed by atoms with Crippen molar-refractivity contribution in [3.8, 4) is 0 Å². The maximum absolute atomic E-state index is 12.8. The third kappa shape index (κ3) is 3.80. The summed E-state index contributed by atoms with van der Waals surface area (Å²) < 4.78 is 31.4. The molecule has 1 aliphatic rings. The molecule has 2 heterocycles.